The van der Waals surface area contributed by atoms with Crippen LogP contribution in [0.3, 0.4) is 0 Å². The second-order valence-corrected chi connectivity index (χ2v) is 7.23. The second-order valence-electron chi connectivity index (χ2n) is 5.79. The number of halogens is 1. The van der Waals surface area contributed by atoms with E-state index in [1.807, 2.05) is 14.1 Å². The summed E-state index contributed by atoms with van der Waals surface area (Å²) < 4.78 is 0. The van der Waals surface area contributed by atoms with Gasteiger partial charge < -0.3 is 15.4 Å². The molecule has 11 heteroatoms. The number of benzene rings is 1. The minimum atomic E-state index is -1.21. The van der Waals surface area contributed by atoms with Crippen LogP contribution in [0.5, 0.6) is 0 Å². The molecule has 1 aliphatic rings. The summed E-state index contributed by atoms with van der Waals surface area (Å²) in [5, 5.41) is 24.8. The monoisotopic (exact) mass is 382 g/mol. The molecule has 2 heterocycles. The molecule has 0 saturated carbocycles. The molecular weight excluding hydrogens is 368 g/mol. The van der Waals surface area contributed by atoms with Crippen LogP contribution in [0.2, 0.25) is 5.02 Å². The number of hydroxylamine groups is 1. The van der Waals surface area contributed by atoms with E-state index in [1.54, 1.807) is 11.8 Å². The Kier molecular flexibility index (Phi) is 4.45. The molecule has 3 N–H and O–H groups in total. The van der Waals surface area contributed by atoms with Gasteiger partial charge in [0.15, 0.2) is 5.82 Å². The molecule has 1 aromatic carbocycles. The van der Waals surface area contributed by atoms with E-state index in [2.05, 4.69) is 20.8 Å². The lowest BCUT2D eigenvalue weighted by atomic mass is 10.0. The van der Waals surface area contributed by atoms with Crippen LogP contribution in [0.15, 0.2) is 28.4 Å². The van der Waals surface area contributed by atoms with Crippen LogP contribution < -0.4 is 15.7 Å². The Morgan fingerprint density at radius 2 is 2.16 bits per heavy atom. The van der Waals surface area contributed by atoms with E-state index in [9.17, 15) is 15.3 Å². The standard InChI is InChI=1S/C14H15ClN6O3S/c1-14(19-22)7-4-9(21(23)24)8(15)5-10(7)25-13-11(18-14)12(20(2)3)16-6-17-13/h4-6,18-19,22H,1-3H3. The van der Waals surface area contributed by atoms with Crippen LogP contribution >= 0.6 is 23.4 Å². The highest BCUT2D eigenvalue weighted by atomic mass is 35.5. The third kappa shape index (κ3) is 2.97. The first-order chi connectivity index (χ1) is 11.8. The first-order valence-corrected chi connectivity index (χ1v) is 8.34. The predicted octanol–water partition coefficient (Wildman–Crippen LogP) is 2.83. The number of rotatable bonds is 3. The summed E-state index contributed by atoms with van der Waals surface area (Å²) in [7, 11) is 3.66. The van der Waals surface area contributed by atoms with Crippen molar-refractivity contribution in [3.63, 3.8) is 0 Å². The Hall–Kier alpha value is -2.14. The van der Waals surface area contributed by atoms with Crippen LogP contribution in [0, 0.1) is 10.1 Å². The molecule has 0 radical (unpaired) electrons. The molecule has 9 nitrogen and oxygen atoms in total. The van der Waals surface area contributed by atoms with Crippen molar-refractivity contribution in [1.29, 1.82) is 0 Å². The number of nitrogens with zero attached hydrogens (tertiary/aromatic N) is 4. The molecule has 1 unspecified atom stereocenters. The molecule has 132 valence electrons. The summed E-state index contributed by atoms with van der Waals surface area (Å²) >= 11 is 7.34. The molecular formula is C14H15ClN6O3S. The van der Waals surface area contributed by atoms with Gasteiger partial charge in [-0.3, -0.25) is 10.1 Å². The highest BCUT2D eigenvalue weighted by Gasteiger charge is 2.37. The van der Waals surface area contributed by atoms with Crippen molar-refractivity contribution >= 4 is 40.6 Å². The van der Waals surface area contributed by atoms with Crippen LogP contribution in [-0.2, 0) is 5.66 Å². The predicted molar refractivity (Wildman–Crippen MR) is 94.5 cm³/mol. The number of aromatic nitrogens is 2. The van der Waals surface area contributed by atoms with Gasteiger partial charge in [0, 0.05) is 30.6 Å². The van der Waals surface area contributed by atoms with Crippen molar-refractivity contribution in [3.8, 4) is 0 Å². The molecule has 1 aliphatic heterocycles. The van der Waals surface area contributed by atoms with Crippen molar-refractivity contribution in [2.45, 2.75) is 22.5 Å². The van der Waals surface area contributed by atoms with E-state index in [4.69, 9.17) is 11.6 Å². The Morgan fingerprint density at radius 1 is 1.44 bits per heavy atom. The first kappa shape index (κ1) is 17.7. The van der Waals surface area contributed by atoms with Gasteiger partial charge in [0.2, 0.25) is 0 Å². The Bertz CT molecular complexity index is 865. The van der Waals surface area contributed by atoms with Gasteiger partial charge in [-0.1, -0.05) is 23.4 Å². The maximum atomic E-state index is 11.2. The lowest BCUT2D eigenvalue weighted by Crippen LogP contribution is -2.45. The van der Waals surface area contributed by atoms with Crippen molar-refractivity contribution in [3.05, 3.63) is 39.2 Å². The molecule has 3 rings (SSSR count). The van der Waals surface area contributed by atoms with Gasteiger partial charge in [-0.05, 0) is 13.0 Å². The average molecular weight is 383 g/mol. The lowest BCUT2D eigenvalue weighted by molar-refractivity contribution is -0.384. The summed E-state index contributed by atoms with van der Waals surface area (Å²) in [6, 6.07) is 2.85. The fourth-order valence-electron chi connectivity index (χ4n) is 2.55. The molecule has 0 aliphatic carbocycles. The fourth-order valence-corrected chi connectivity index (χ4v) is 3.95. The maximum absolute atomic E-state index is 11.2. The van der Waals surface area contributed by atoms with Crippen LogP contribution in [0.4, 0.5) is 17.2 Å². The van der Waals surface area contributed by atoms with Gasteiger partial charge in [-0.2, -0.15) is 5.48 Å². The van der Waals surface area contributed by atoms with E-state index < -0.39 is 10.6 Å². The molecule has 25 heavy (non-hydrogen) atoms. The highest BCUT2D eigenvalue weighted by molar-refractivity contribution is 7.99. The van der Waals surface area contributed by atoms with Gasteiger partial charge >= 0.3 is 0 Å². The molecule has 0 saturated heterocycles. The number of nitrogens with one attached hydrogen (secondary N) is 2. The SMILES string of the molecule is CN(C)c1ncnc2c1NC(C)(NO)c1cc([N+](=O)[O-])c(Cl)cc1S2. The van der Waals surface area contributed by atoms with Crippen LogP contribution in [0.1, 0.15) is 12.5 Å². The van der Waals surface area contributed by atoms with E-state index >= 15 is 0 Å². The number of hydrogen-bond acceptors (Lipinski definition) is 9. The van der Waals surface area contributed by atoms with Crippen LogP contribution in [0.25, 0.3) is 0 Å². The lowest BCUT2D eigenvalue weighted by Gasteiger charge is -2.31. The van der Waals surface area contributed by atoms with Gasteiger partial charge in [0.1, 0.15) is 27.7 Å². The fraction of sp³-hybridized carbons (Fsp3) is 0.286. The average Bonchev–Trinajstić information content (AvgIpc) is 2.67. The van der Waals surface area contributed by atoms with E-state index in [1.165, 1.54) is 30.2 Å². The number of nitro groups is 1. The van der Waals surface area contributed by atoms with Gasteiger partial charge in [0.05, 0.1) is 4.92 Å². The normalized spacial score (nSPS) is 18.6. The molecule has 0 bridgehead atoms. The maximum Gasteiger partial charge on any atom is 0.288 e. The Labute approximate surface area is 152 Å². The van der Waals surface area contributed by atoms with E-state index in [0.717, 1.165) is 0 Å². The zero-order valence-corrected chi connectivity index (χ0v) is 15.1. The summed E-state index contributed by atoms with van der Waals surface area (Å²) in [5.74, 6) is 0.618. The Morgan fingerprint density at radius 3 is 2.76 bits per heavy atom. The first-order valence-electron chi connectivity index (χ1n) is 7.15. The van der Waals surface area contributed by atoms with Crippen molar-refractivity contribution in [1.82, 2.24) is 15.4 Å². The van der Waals surface area contributed by atoms with Gasteiger partial charge in [0.25, 0.3) is 5.69 Å². The molecule has 1 aromatic heterocycles. The molecule has 0 fully saturated rings. The molecule has 0 amide bonds. The van der Waals surface area contributed by atoms with E-state index in [0.29, 0.717) is 27.0 Å². The molecule has 0 spiro atoms. The summed E-state index contributed by atoms with van der Waals surface area (Å²) in [6.45, 7) is 1.66. The Balaban J connectivity index is 2.26. The summed E-state index contributed by atoms with van der Waals surface area (Å²) in [4.78, 5) is 21.7. The van der Waals surface area contributed by atoms with Crippen molar-refractivity contribution < 1.29 is 10.1 Å². The largest absolute Gasteiger partial charge is 0.361 e. The third-order valence-electron chi connectivity index (χ3n) is 3.81. The molecule has 1 atom stereocenters. The smallest absolute Gasteiger partial charge is 0.288 e. The number of nitro benzene ring substituents is 1. The van der Waals surface area contributed by atoms with E-state index in [-0.39, 0.29) is 10.7 Å². The number of hydrogen-bond donors (Lipinski definition) is 3. The minimum Gasteiger partial charge on any atom is -0.361 e. The van der Waals surface area contributed by atoms with Crippen molar-refractivity contribution in [2.24, 2.45) is 0 Å². The zero-order valence-electron chi connectivity index (χ0n) is 13.6. The summed E-state index contributed by atoms with van der Waals surface area (Å²) in [6.07, 6.45) is 1.44. The molecule has 2 aromatic rings. The summed E-state index contributed by atoms with van der Waals surface area (Å²) in [5.41, 5.74) is 1.82. The van der Waals surface area contributed by atoms with Gasteiger partial charge in [-0.15, -0.1) is 0 Å². The quantitative estimate of drug-likeness (QED) is 0.418. The number of fused-ring (bicyclic) bond motifs is 2. The highest BCUT2D eigenvalue weighted by Crippen LogP contribution is 2.47. The topological polar surface area (TPSA) is 116 Å². The number of anilines is 2. The van der Waals surface area contributed by atoms with Gasteiger partial charge in [-0.25, -0.2) is 9.97 Å². The third-order valence-corrected chi connectivity index (χ3v) is 5.17. The zero-order chi connectivity index (χ0) is 18.4. The van der Waals surface area contributed by atoms with Crippen molar-refractivity contribution in [2.75, 3.05) is 24.3 Å². The minimum absolute atomic E-state index is 0.0156. The van der Waals surface area contributed by atoms with Crippen LogP contribution in [-0.4, -0.2) is 34.2 Å². The second kappa shape index (κ2) is 6.30.